The number of ether oxygens (including phenoxy) is 1. The molecule has 0 bridgehead atoms. The van der Waals surface area contributed by atoms with Crippen LogP contribution >= 0.6 is 27.3 Å². The van der Waals surface area contributed by atoms with Crippen LogP contribution in [0.15, 0.2) is 24.3 Å². The first-order valence-corrected chi connectivity index (χ1v) is 8.70. The molecular weight excluding hydrogens is 357 g/mol. The molecule has 1 fully saturated rings. The predicted octanol–water partition coefficient (Wildman–Crippen LogP) is 3.66. The second-order valence-corrected chi connectivity index (χ2v) is 6.94. The number of amides is 1. The number of alkyl halides is 1. The Kier molecular flexibility index (Phi) is 4.28. The number of halogens is 2. The van der Waals surface area contributed by atoms with Crippen molar-refractivity contribution in [3.05, 3.63) is 35.0 Å². The monoisotopic (exact) mass is 371 g/mol. The summed E-state index contributed by atoms with van der Waals surface area (Å²) < 4.78 is 19.7. The molecule has 2 atom stereocenters. The number of fused-ring (bicyclic) bond motifs is 1. The van der Waals surface area contributed by atoms with Crippen molar-refractivity contribution in [3.63, 3.8) is 0 Å². The lowest BCUT2D eigenvalue weighted by molar-refractivity contribution is -0.0359. The predicted molar refractivity (Wildman–Crippen MR) is 85.8 cm³/mol. The average Bonchev–Trinajstić information content (AvgIpc) is 2.90. The van der Waals surface area contributed by atoms with Gasteiger partial charge in [-0.25, -0.2) is 4.39 Å². The van der Waals surface area contributed by atoms with Crippen molar-refractivity contribution in [1.82, 2.24) is 4.90 Å². The second kappa shape index (κ2) is 6.02. The number of hydrogen-bond acceptors (Lipinski definition) is 3. The van der Waals surface area contributed by atoms with Gasteiger partial charge in [-0.05, 0) is 30.5 Å². The van der Waals surface area contributed by atoms with Crippen LogP contribution in [0.4, 0.5) is 4.39 Å². The Labute approximate surface area is 134 Å². The van der Waals surface area contributed by atoms with Crippen molar-refractivity contribution in [1.29, 1.82) is 0 Å². The van der Waals surface area contributed by atoms with Crippen LogP contribution in [0.2, 0.25) is 0 Å². The Morgan fingerprint density at radius 2 is 2.33 bits per heavy atom. The van der Waals surface area contributed by atoms with E-state index >= 15 is 0 Å². The van der Waals surface area contributed by atoms with Crippen molar-refractivity contribution in [2.24, 2.45) is 0 Å². The van der Waals surface area contributed by atoms with Gasteiger partial charge in [-0.15, -0.1) is 11.3 Å². The molecule has 1 aromatic carbocycles. The van der Waals surface area contributed by atoms with Crippen LogP contribution in [0.5, 0.6) is 0 Å². The Bertz CT molecular complexity index is 675. The molecule has 6 heteroatoms. The molecule has 2 unspecified atom stereocenters. The number of nitrogens with zero attached hydrogens (tertiary/aromatic N) is 1. The normalized spacial score (nSPS) is 22.7. The molecule has 0 spiro atoms. The zero-order chi connectivity index (χ0) is 15.0. The number of carbonyl (C=O) groups is 1. The highest BCUT2D eigenvalue weighted by molar-refractivity contribution is 9.09. The Morgan fingerprint density at radius 3 is 3.10 bits per heavy atom. The molecule has 2 heterocycles. The van der Waals surface area contributed by atoms with Crippen LogP contribution in [0.25, 0.3) is 10.1 Å². The summed E-state index contributed by atoms with van der Waals surface area (Å²) in [6, 6.07) is 6.49. The fourth-order valence-electron chi connectivity index (χ4n) is 2.45. The van der Waals surface area contributed by atoms with E-state index < -0.39 is 0 Å². The van der Waals surface area contributed by atoms with E-state index in [9.17, 15) is 9.18 Å². The standard InChI is InChI=1S/C15H15BrFNO2S/c1-9-8-20-12(6-16)7-18(9)15(19)14-4-10-2-3-11(17)5-13(10)21-14/h2-5,9,12H,6-8H2,1H3. The van der Waals surface area contributed by atoms with E-state index in [1.165, 1.54) is 23.5 Å². The number of benzene rings is 1. The summed E-state index contributed by atoms with van der Waals surface area (Å²) in [6.45, 7) is 3.10. The number of hydrogen-bond donors (Lipinski definition) is 0. The van der Waals surface area contributed by atoms with Crippen LogP contribution in [0, 0.1) is 5.82 Å². The lowest BCUT2D eigenvalue weighted by Crippen LogP contribution is -2.51. The Balaban J connectivity index is 1.88. The molecule has 0 saturated carbocycles. The lowest BCUT2D eigenvalue weighted by atomic mass is 10.2. The van der Waals surface area contributed by atoms with Gasteiger partial charge in [0, 0.05) is 16.6 Å². The van der Waals surface area contributed by atoms with Crippen LogP contribution in [0.1, 0.15) is 16.6 Å². The van der Waals surface area contributed by atoms with Crippen molar-refractivity contribution in [2.75, 3.05) is 18.5 Å². The van der Waals surface area contributed by atoms with E-state index in [1.54, 1.807) is 6.07 Å². The molecule has 1 aliphatic heterocycles. The van der Waals surface area contributed by atoms with Gasteiger partial charge < -0.3 is 9.64 Å². The summed E-state index contributed by atoms with van der Waals surface area (Å²) in [5.74, 6) is -0.277. The van der Waals surface area contributed by atoms with Gasteiger partial charge in [-0.2, -0.15) is 0 Å². The van der Waals surface area contributed by atoms with E-state index in [1.807, 2.05) is 17.9 Å². The van der Waals surface area contributed by atoms with E-state index in [-0.39, 0.29) is 23.9 Å². The quantitative estimate of drug-likeness (QED) is 0.753. The minimum atomic E-state index is -0.276. The van der Waals surface area contributed by atoms with Gasteiger partial charge in [0.2, 0.25) is 0 Å². The summed E-state index contributed by atoms with van der Waals surface area (Å²) in [6.07, 6.45) is 0.0250. The van der Waals surface area contributed by atoms with Gasteiger partial charge >= 0.3 is 0 Å². The van der Waals surface area contributed by atoms with E-state index in [2.05, 4.69) is 15.9 Å². The molecule has 0 radical (unpaired) electrons. The smallest absolute Gasteiger partial charge is 0.264 e. The average molecular weight is 372 g/mol. The molecule has 1 aliphatic rings. The fraction of sp³-hybridized carbons (Fsp3) is 0.400. The maximum Gasteiger partial charge on any atom is 0.264 e. The fourth-order valence-corrected chi connectivity index (χ4v) is 3.88. The molecule has 112 valence electrons. The third-order valence-corrected chi connectivity index (χ3v) is 5.44. The molecule has 3 nitrogen and oxygen atoms in total. The van der Waals surface area contributed by atoms with Crippen molar-refractivity contribution >= 4 is 43.3 Å². The number of carbonyl (C=O) groups excluding carboxylic acids is 1. The molecule has 1 amide bonds. The molecule has 1 aromatic heterocycles. The molecular formula is C15H15BrFNO2S. The Morgan fingerprint density at radius 1 is 1.52 bits per heavy atom. The largest absolute Gasteiger partial charge is 0.373 e. The third-order valence-electron chi connectivity index (χ3n) is 3.63. The number of thiophene rings is 1. The van der Waals surface area contributed by atoms with E-state index in [0.29, 0.717) is 23.4 Å². The number of morpholine rings is 1. The minimum Gasteiger partial charge on any atom is -0.373 e. The van der Waals surface area contributed by atoms with Gasteiger partial charge in [-0.1, -0.05) is 22.0 Å². The SMILES string of the molecule is CC1COC(CBr)CN1C(=O)c1cc2ccc(F)cc2s1. The molecule has 0 aliphatic carbocycles. The van der Waals surface area contributed by atoms with Gasteiger partial charge in [0.25, 0.3) is 5.91 Å². The van der Waals surface area contributed by atoms with Crippen LogP contribution in [0.3, 0.4) is 0 Å². The third kappa shape index (κ3) is 2.98. The number of rotatable bonds is 2. The van der Waals surface area contributed by atoms with E-state index in [0.717, 1.165) is 10.1 Å². The lowest BCUT2D eigenvalue weighted by Gasteiger charge is -2.37. The highest BCUT2D eigenvalue weighted by atomic mass is 79.9. The van der Waals surface area contributed by atoms with Gasteiger partial charge in [0.15, 0.2) is 0 Å². The zero-order valence-electron chi connectivity index (χ0n) is 11.5. The van der Waals surface area contributed by atoms with Gasteiger partial charge in [0.1, 0.15) is 5.82 Å². The maximum atomic E-state index is 13.3. The molecule has 1 saturated heterocycles. The molecule has 2 aromatic rings. The first-order chi connectivity index (χ1) is 10.1. The topological polar surface area (TPSA) is 29.5 Å². The first kappa shape index (κ1) is 14.9. The van der Waals surface area contributed by atoms with E-state index in [4.69, 9.17) is 4.74 Å². The molecule has 21 heavy (non-hydrogen) atoms. The van der Waals surface area contributed by atoms with Crippen LogP contribution in [-0.4, -0.2) is 41.4 Å². The van der Waals surface area contributed by atoms with Gasteiger partial charge in [0.05, 0.1) is 23.6 Å². The molecule has 3 rings (SSSR count). The summed E-state index contributed by atoms with van der Waals surface area (Å²) in [5, 5.41) is 1.61. The maximum absolute atomic E-state index is 13.3. The Hall–Kier alpha value is -0.980. The first-order valence-electron chi connectivity index (χ1n) is 6.76. The summed E-state index contributed by atoms with van der Waals surface area (Å²) >= 11 is 4.74. The van der Waals surface area contributed by atoms with Crippen LogP contribution < -0.4 is 0 Å². The summed E-state index contributed by atoms with van der Waals surface area (Å²) in [7, 11) is 0. The van der Waals surface area contributed by atoms with Crippen molar-refractivity contribution in [2.45, 2.75) is 19.1 Å². The summed E-state index contributed by atoms with van der Waals surface area (Å²) in [4.78, 5) is 15.2. The van der Waals surface area contributed by atoms with Gasteiger partial charge in [-0.3, -0.25) is 4.79 Å². The molecule has 0 N–H and O–H groups in total. The highest BCUT2D eigenvalue weighted by Gasteiger charge is 2.30. The van der Waals surface area contributed by atoms with Crippen LogP contribution in [-0.2, 0) is 4.74 Å². The second-order valence-electron chi connectivity index (χ2n) is 5.21. The van der Waals surface area contributed by atoms with Crippen molar-refractivity contribution < 1.29 is 13.9 Å². The summed E-state index contributed by atoms with van der Waals surface area (Å²) in [5.41, 5.74) is 0. The van der Waals surface area contributed by atoms with Crippen molar-refractivity contribution in [3.8, 4) is 0 Å². The minimum absolute atomic E-state index is 0.00152. The highest BCUT2D eigenvalue weighted by Crippen LogP contribution is 2.28. The zero-order valence-corrected chi connectivity index (χ0v) is 13.9.